The molecule has 0 saturated heterocycles. The minimum atomic E-state index is 0.773. The molecule has 128 valence electrons. The van der Waals surface area contributed by atoms with Gasteiger partial charge in [-0.25, -0.2) is 0 Å². The highest BCUT2D eigenvalue weighted by atomic mass is 16.5. The van der Waals surface area contributed by atoms with E-state index in [1.807, 2.05) is 6.92 Å². The van der Waals surface area contributed by atoms with Crippen LogP contribution in [0.15, 0.2) is 30.3 Å². The number of hydrogen-bond donors (Lipinski definition) is 0. The molecule has 1 aliphatic heterocycles. The average molecular weight is 327 g/mol. The third-order valence-electron chi connectivity index (χ3n) is 4.72. The molecule has 0 atom stereocenters. The number of hydrogen-bond acceptors (Lipinski definition) is 4. The molecule has 0 unspecified atom stereocenters. The highest BCUT2D eigenvalue weighted by Gasteiger charge is 2.28. The van der Waals surface area contributed by atoms with Gasteiger partial charge in [0.05, 0.1) is 21.3 Å². The van der Waals surface area contributed by atoms with Crippen LogP contribution in [0.1, 0.15) is 22.3 Å². The number of ether oxygens (including phenoxy) is 3. The molecule has 0 N–H and O–H groups in total. The van der Waals surface area contributed by atoms with Gasteiger partial charge in [0.1, 0.15) is 5.75 Å². The smallest absolute Gasteiger partial charge is 0.167 e. The molecule has 2 aromatic carbocycles. The first-order chi connectivity index (χ1) is 11.7. The Labute approximate surface area is 144 Å². The molecule has 24 heavy (non-hydrogen) atoms. The van der Waals surface area contributed by atoms with E-state index in [1.54, 1.807) is 21.3 Å². The molecule has 0 saturated carbocycles. The van der Waals surface area contributed by atoms with Crippen molar-refractivity contribution in [2.75, 3.05) is 27.9 Å². The largest absolute Gasteiger partial charge is 0.496 e. The van der Waals surface area contributed by atoms with E-state index in [4.69, 9.17) is 14.2 Å². The fraction of sp³-hybridized carbons (Fsp3) is 0.400. The number of benzene rings is 2. The summed E-state index contributed by atoms with van der Waals surface area (Å²) in [5.41, 5.74) is 4.76. The van der Waals surface area contributed by atoms with Gasteiger partial charge in [-0.2, -0.15) is 0 Å². The third kappa shape index (κ3) is 2.94. The van der Waals surface area contributed by atoms with Gasteiger partial charge < -0.3 is 14.2 Å². The highest BCUT2D eigenvalue weighted by Crippen LogP contribution is 2.45. The van der Waals surface area contributed by atoms with E-state index in [2.05, 4.69) is 35.2 Å². The van der Waals surface area contributed by atoms with Gasteiger partial charge in [0.2, 0.25) is 0 Å². The van der Waals surface area contributed by atoms with Crippen molar-refractivity contribution in [3.8, 4) is 17.2 Å². The molecule has 0 radical (unpaired) electrons. The SMILES string of the molecule is COc1c(C)c(OC)c(OC)c2c1CCN(Cc1ccccc1)C2. The van der Waals surface area contributed by atoms with Crippen molar-refractivity contribution >= 4 is 0 Å². The Kier molecular flexibility index (Phi) is 4.95. The zero-order chi connectivity index (χ0) is 17.1. The second-order valence-corrected chi connectivity index (χ2v) is 6.13. The van der Waals surface area contributed by atoms with Crippen molar-refractivity contribution in [2.24, 2.45) is 0 Å². The number of nitrogens with zero attached hydrogens (tertiary/aromatic N) is 1. The van der Waals surface area contributed by atoms with Crippen molar-refractivity contribution in [3.05, 3.63) is 52.6 Å². The zero-order valence-corrected chi connectivity index (χ0v) is 14.9. The molecule has 0 aliphatic carbocycles. The number of rotatable bonds is 5. The zero-order valence-electron chi connectivity index (χ0n) is 14.9. The Morgan fingerprint density at radius 3 is 2.17 bits per heavy atom. The minimum absolute atomic E-state index is 0.773. The summed E-state index contributed by atoms with van der Waals surface area (Å²) >= 11 is 0. The van der Waals surface area contributed by atoms with Crippen LogP contribution in [-0.2, 0) is 19.5 Å². The van der Waals surface area contributed by atoms with Crippen LogP contribution in [-0.4, -0.2) is 32.8 Å². The van der Waals surface area contributed by atoms with Crippen molar-refractivity contribution in [1.82, 2.24) is 4.90 Å². The van der Waals surface area contributed by atoms with E-state index in [0.29, 0.717) is 0 Å². The first-order valence-corrected chi connectivity index (χ1v) is 8.26. The maximum atomic E-state index is 5.71. The van der Waals surface area contributed by atoms with Gasteiger partial charge in [0.15, 0.2) is 11.5 Å². The predicted molar refractivity (Wildman–Crippen MR) is 95.1 cm³/mol. The number of fused-ring (bicyclic) bond motifs is 1. The van der Waals surface area contributed by atoms with Crippen molar-refractivity contribution in [1.29, 1.82) is 0 Å². The fourth-order valence-electron chi connectivity index (χ4n) is 3.63. The van der Waals surface area contributed by atoms with Crippen LogP contribution in [0.25, 0.3) is 0 Å². The Bertz CT molecular complexity index is 688. The Morgan fingerprint density at radius 1 is 0.875 bits per heavy atom. The standard InChI is InChI=1S/C20H25NO3/c1-14-18(22-2)16-10-11-21(12-15-8-6-5-7-9-15)13-17(16)20(24-4)19(14)23-3/h5-9H,10-13H2,1-4H3. The summed E-state index contributed by atoms with van der Waals surface area (Å²) in [7, 11) is 5.12. The lowest BCUT2D eigenvalue weighted by Gasteiger charge is -2.32. The van der Waals surface area contributed by atoms with Crippen LogP contribution in [0.3, 0.4) is 0 Å². The maximum absolute atomic E-state index is 5.71. The second kappa shape index (κ2) is 7.14. The molecular formula is C20H25NO3. The van der Waals surface area contributed by atoms with Crippen molar-refractivity contribution in [3.63, 3.8) is 0 Å². The summed E-state index contributed by atoms with van der Waals surface area (Å²) in [4.78, 5) is 2.44. The van der Waals surface area contributed by atoms with Crippen LogP contribution < -0.4 is 14.2 Å². The minimum Gasteiger partial charge on any atom is -0.496 e. The molecule has 1 aliphatic rings. The Hall–Kier alpha value is -2.20. The summed E-state index contributed by atoms with van der Waals surface area (Å²) in [5.74, 6) is 2.54. The Morgan fingerprint density at radius 2 is 1.54 bits per heavy atom. The predicted octanol–water partition coefficient (Wildman–Crippen LogP) is 3.58. The highest BCUT2D eigenvalue weighted by molar-refractivity contribution is 5.63. The summed E-state index contributed by atoms with van der Waals surface area (Å²) in [6, 6.07) is 10.6. The molecule has 4 nitrogen and oxygen atoms in total. The number of methoxy groups -OCH3 is 3. The van der Waals surface area contributed by atoms with Crippen molar-refractivity contribution < 1.29 is 14.2 Å². The van der Waals surface area contributed by atoms with Gasteiger partial charge >= 0.3 is 0 Å². The van der Waals surface area contributed by atoms with Gasteiger partial charge in [-0.15, -0.1) is 0 Å². The lowest BCUT2D eigenvalue weighted by atomic mass is 9.93. The van der Waals surface area contributed by atoms with Crippen molar-refractivity contribution in [2.45, 2.75) is 26.4 Å². The lowest BCUT2D eigenvalue weighted by molar-refractivity contribution is 0.234. The van der Waals surface area contributed by atoms with E-state index >= 15 is 0 Å². The van der Waals surface area contributed by atoms with Crippen LogP contribution in [0.4, 0.5) is 0 Å². The van der Waals surface area contributed by atoms with E-state index in [0.717, 1.165) is 48.9 Å². The molecule has 0 amide bonds. The molecule has 0 bridgehead atoms. The molecule has 1 heterocycles. The van der Waals surface area contributed by atoms with Gasteiger partial charge in [0.25, 0.3) is 0 Å². The summed E-state index contributed by atoms with van der Waals surface area (Å²) in [5, 5.41) is 0. The van der Waals surface area contributed by atoms with E-state index in [-0.39, 0.29) is 0 Å². The van der Waals surface area contributed by atoms with Gasteiger partial charge in [0, 0.05) is 36.3 Å². The summed E-state index contributed by atoms with van der Waals surface area (Å²) in [6.07, 6.45) is 0.951. The maximum Gasteiger partial charge on any atom is 0.167 e. The average Bonchev–Trinajstić information content (AvgIpc) is 2.61. The van der Waals surface area contributed by atoms with Crippen LogP contribution in [0, 0.1) is 6.92 Å². The van der Waals surface area contributed by atoms with Gasteiger partial charge in [-0.3, -0.25) is 4.90 Å². The first-order valence-electron chi connectivity index (χ1n) is 8.26. The first kappa shape index (κ1) is 16.7. The van der Waals surface area contributed by atoms with Gasteiger partial charge in [-0.05, 0) is 18.9 Å². The Balaban J connectivity index is 1.97. The summed E-state index contributed by atoms with van der Waals surface area (Å²) in [6.45, 7) is 4.80. The second-order valence-electron chi connectivity index (χ2n) is 6.13. The molecule has 4 heteroatoms. The van der Waals surface area contributed by atoms with E-state index in [9.17, 15) is 0 Å². The monoisotopic (exact) mass is 327 g/mol. The molecule has 0 spiro atoms. The molecular weight excluding hydrogens is 302 g/mol. The quantitative estimate of drug-likeness (QED) is 0.840. The molecule has 3 rings (SSSR count). The third-order valence-corrected chi connectivity index (χ3v) is 4.72. The molecule has 2 aromatic rings. The van der Waals surface area contributed by atoms with Crippen LogP contribution >= 0.6 is 0 Å². The topological polar surface area (TPSA) is 30.9 Å². The normalized spacial score (nSPS) is 14.2. The molecule has 0 fully saturated rings. The van der Waals surface area contributed by atoms with Gasteiger partial charge in [-0.1, -0.05) is 30.3 Å². The molecule has 0 aromatic heterocycles. The lowest BCUT2D eigenvalue weighted by Crippen LogP contribution is -2.31. The van der Waals surface area contributed by atoms with E-state index in [1.165, 1.54) is 16.7 Å². The fourth-order valence-corrected chi connectivity index (χ4v) is 3.63. The summed E-state index contributed by atoms with van der Waals surface area (Å²) < 4.78 is 17.0. The van der Waals surface area contributed by atoms with E-state index < -0.39 is 0 Å². The van der Waals surface area contributed by atoms with Crippen LogP contribution in [0.2, 0.25) is 0 Å². The van der Waals surface area contributed by atoms with Crippen LogP contribution in [0.5, 0.6) is 17.2 Å².